The van der Waals surface area contributed by atoms with Gasteiger partial charge in [-0.2, -0.15) is 0 Å². The van der Waals surface area contributed by atoms with Crippen LogP contribution >= 0.6 is 0 Å². The Kier molecular flexibility index (Phi) is 7.17. The van der Waals surface area contributed by atoms with E-state index in [0.717, 1.165) is 5.56 Å². The average molecular weight is 357 g/mol. The van der Waals surface area contributed by atoms with E-state index in [-0.39, 0.29) is 12.7 Å². The van der Waals surface area contributed by atoms with E-state index >= 15 is 0 Å². The van der Waals surface area contributed by atoms with Crippen LogP contribution in [0.4, 0.5) is 4.79 Å². The quantitative estimate of drug-likeness (QED) is 0.744. The van der Waals surface area contributed by atoms with Crippen molar-refractivity contribution in [2.45, 2.75) is 38.7 Å². The van der Waals surface area contributed by atoms with Crippen LogP contribution in [0.3, 0.4) is 0 Å². The predicted octanol–water partition coefficient (Wildman–Crippen LogP) is 2.97. The second-order valence-corrected chi connectivity index (χ2v) is 6.02. The molecule has 138 valence electrons. The molecule has 1 amide bonds. The Bertz CT molecular complexity index is 703. The second-order valence-electron chi connectivity index (χ2n) is 6.02. The first-order valence-electron chi connectivity index (χ1n) is 8.38. The van der Waals surface area contributed by atoms with Crippen LogP contribution in [0.2, 0.25) is 0 Å². The summed E-state index contributed by atoms with van der Waals surface area (Å²) < 4.78 is 10.3. The van der Waals surface area contributed by atoms with Crippen LogP contribution in [0.15, 0.2) is 60.7 Å². The van der Waals surface area contributed by atoms with Gasteiger partial charge >= 0.3 is 12.1 Å². The van der Waals surface area contributed by atoms with E-state index in [1.165, 1.54) is 0 Å². The summed E-state index contributed by atoms with van der Waals surface area (Å²) in [5, 5.41) is 12.9. The van der Waals surface area contributed by atoms with Gasteiger partial charge in [-0.05, 0) is 25.0 Å². The van der Waals surface area contributed by atoms with Gasteiger partial charge in [0.15, 0.2) is 6.04 Å². The number of benzene rings is 2. The Balaban J connectivity index is 2.05. The Morgan fingerprint density at radius 1 is 1.00 bits per heavy atom. The van der Waals surface area contributed by atoms with Crippen molar-refractivity contribution >= 4 is 12.1 Å². The Morgan fingerprint density at radius 2 is 1.58 bits per heavy atom. The minimum Gasteiger partial charge on any atom is -0.461 e. The molecule has 0 heterocycles. The molecule has 2 aromatic carbocycles. The number of carbonyl (C=O) groups is 2. The molecule has 0 fully saturated rings. The minimum absolute atomic E-state index is 0.0556. The lowest BCUT2D eigenvalue weighted by Gasteiger charge is -2.23. The molecule has 6 heteroatoms. The molecule has 0 unspecified atom stereocenters. The third-order valence-corrected chi connectivity index (χ3v) is 3.55. The molecule has 0 aliphatic heterocycles. The zero-order chi connectivity index (χ0) is 18.9. The minimum atomic E-state index is -1.27. The summed E-state index contributed by atoms with van der Waals surface area (Å²) in [6, 6.07) is 16.5. The lowest BCUT2D eigenvalue weighted by molar-refractivity contribution is -0.153. The second kappa shape index (κ2) is 9.58. The summed E-state index contributed by atoms with van der Waals surface area (Å²) in [6.45, 7) is 3.44. The van der Waals surface area contributed by atoms with Crippen LogP contribution in [-0.2, 0) is 20.9 Å². The van der Waals surface area contributed by atoms with Crippen LogP contribution in [0.5, 0.6) is 0 Å². The van der Waals surface area contributed by atoms with Gasteiger partial charge in [0.25, 0.3) is 0 Å². The molecule has 0 saturated carbocycles. The fraction of sp³-hybridized carbons (Fsp3) is 0.300. The maximum Gasteiger partial charge on any atom is 0.408 e. The van der Waals surface area contributed by atoms with Crippen molar-refractivity contribution in [1.82, 2.24) is 5.32 Å². The van der Waals surface area contributed by atoms with E-state index in [9.17, 15) is 14.7 Å². The average Bonchev–Trinajstić information content (AvgIpc) is 2.65. The summed E-state index contributed by atoms with van der Waals surface area (Å²) in [6.07, 6.45) is -2.45. The maximum atomic E-state index is 12.3. The van der Waals surface area contributed by atoms with Crippen LogP contribution in [-0.4, -0.2) is 29.3 Å². The Labute approximate surface area is 152 Å². The molecule has 0 aliphatic carbocycles. The highest BCUT2D eigenvalue weighted by Gasteiger charge is 2.32. The van der Waals surface area contributed by atoms with E-state index in [2.05, 4.69) is 5.32 Å². The first-order valence-corrected chi connectivity index (χ1v) is 8.38. The predicted molar refractivity (Wildman–Crippen MR) is 96.2 cm³/mol. The molecule has 26 heavy (non-hydrogen) atoms. The Hall–Kier alpha value is -2.86. The van der Waals surface area contributed by atoms with Crippen LogP contribution in [0, 0.1) is 0 Å². The van der Waals surface area contributed by atoms with E-state index in [1.54, 1.807) is 44.2 Å². The highest BCUT2D eigenvalue weighted by atomic mass is 16.6. The number of carbonyl (C=O) groups excluding carboxylic acids is 2. The summed E-state index contributed by atoms with van der Waals surface area (Å²) in [5.41, 5.74) is 1.30. The molecule has 6 nitrogen and oxygen atoms in total. The topological polar surface area (TPSA) is 84.9 Å². The molecule has 0 saturated heterocycles. The monoisotopic (exact) mass is 357 g/mol. The number of ether oxygens (including phenoxy) is 2. The van der Waals surface area contributed by atoms with Crippen molar-refractivity contribution in [3.8, 4) is 0 Å². The van der Waals surface area contributed by atoms with Gasteiger partial charge in [0.05, 0.1) is 6.10 Å². The van der Waals surface area contributed by atoms with Gasteiger partial charge in [-0.15, -0.1) is 0 Å². The van der Waals surface area contributed by atoms with Crippen LogP contribution in [0.1, 0.15) is 31.1 Å². The number of alkyl carbamates (subject to hydrolysis) is 1. The maximum absolute atomic E-state index is 12.3. The zero-order valence-electron chi connectivity index (χ0n) is 14.8. The molecule has 2 N–H and O–H groups in total. The number of rotatable bonds is 7. The van der Waals surface area contributed by atoms with Crippen molar-refractivity contribution < 1.29 is 24.2 Å². The van der Waals surface area contributed by atoms with Crippen molar-refractivity contribution in [1.29, 1.82) is 0 Å². The van der Waals surface area contributed by atoms with E-state index in [4.69, 9.17) is 9.47 Å². The molecule has 2 atom stereocenters. The summed E-state index contributed by atoms with van der Waals surface area (Å²) >= 11 is 0. The van der Waals surface area contributed by atoms with Gasteiger partial charge < -0.3 is 19.9 Å². The highest BCUT2D eigenvalue weighted by molar-refractivity contribution is 5.82. The SMILES string of the molecule is CC(C)OC(=O)[C@@H](NC(=O)OCc1ccccc1)[C@H](O)c1ccccc1. The molecule has 0 bridgehead atoms. The van der Waals surface area contributed by atoms with Gasteiger partial charge in [0.2, 0.25) is 0 Å². The number of amides is 1. The molecule has 2 aromatic rings. The molecular formula is C20H23NO5. The van der Waals surface area contributed by atoms with Crippen molar-refractivity contribution in [3.05, 3.63) is 71.8 Å². The fourth-order valence-electron chi connectivity index (χ4n) is 2.31. The summed E-state index contributed by atoms with van der Waals surface area (Å²) in [5.74, 6) is -0.729. The molecule has 2 rings (SSSR count). The van der Waals surface area contributed by atoms with Crippen LogP contribution in [0.25, 0.3) is 0 Å². The first-order chi connectivity index (χ1) is 12.5. The van der Waals surface area contributed by atoms with Gasteiger partial charge in [-0.3, -0.25) is 0 Å². The van der Waals surface area contributed by atoms with Gasteiger partial charge in [-0.1, -0.05) is 60.7 Å². The number of nitrogens with one attached hydrogen (secondary N) is 1. The van der Waals surface area contributed by atoms with Crippen molar-refractivity contribution in [3.63, 3.8) is 0 Å². The molecule has 0 radical (unpaired) electrons. The third kappa shape index (κ3) is 5.89. The molecule has 0 spiro atoms. The van der Waals surface area contributed by atoms with Gasteiger partial charge in [-0.25, -0.2) is 9.59 Å². The molecule has 0 aliphatic rings. The summed E-state index contributed by atoms with van der Waals surface area (Å²) in [4.78, 5) is 24.4. The molecule has 0 aromatic heterocycles. The summed E-state index contributed by atoms with van der Waals surface area (Å²) in [7, 11) is 0. The normalized spacial score (nSPS) is 12.9. The van der Waals surface area contributed by atoms with Crippen molar-refractivity contribution in [2.75, 3.05) is 0 Å². The standard InChI is InChI=1S/C20H23NO5/c1-14(2)26-19(23)17(18(22)16-11-7-4-8-12-16)21-20(24)25-13-15-9-5-3-6-10-15/h3-12,14,17-18,22H,13H2,1-2H3,(H,21,24)/t17-,18+/m0/s1. The largest absolute Gasteiger partial charge is 0.461 e. The number of esters is 1. The van der Waals surface area contributed by atoms with Crippen molar-refractivity contribution in [2.24, 2.45) is 0 Å². The lowest BCUT2D eigenvalue weighted by Crippen LogP contribution is -2.46. The first kappa shape index (κ1) is 19.5. The number of aliphatic hydroxyl groups is 1. The van der Waals surface area contributed by atoms with E-state index in [1.807, 2.05) is 30.3 Å². The lowest BCUT2D eigenvalue weighted by atomic mass is 10.0. The smallest absolute Gasteiger partial charge is 0.408 e. The van der Waals surface area contributed by atoms with Crippen LogP contribution < -0.4 is 5.32 Å². The third-order valence-electron chi connectivity index (χ3n) is 3.55. The number of aliphatic hydroxyl groups excluding tert-OH is 1. The van der Waals surface area contributed by atoms with Gasteiger partial charge in [0.1, 0.15) is 12.7 Å². The zero-order valence-corrected chi connectivity index (χ0v) is 14.8. The fourth-order valence-corrected chi connectivity index (χ4v) is 2.31. The van der Waals surface area contributed by atoms with Gasteiger partial charge in [0, 0.05) is 0 Å². The number of hydrogen-bond acceptors (Lipinski definition) is 5. The molecular weight excluding hydrogens is 334 g/mol. The highest BCUT2D eigenvalue weighted by Crippen LogP contribution is 2.18. The van der Waals surface area contributed by atoms with E-state index in [0.29, 0.717) is 5.56 Å². The number of hydrogen-bond donors (Lipinski definition) is 2. The van der Waals surface area contributed by atoms with E-state index < -0.39 is 24.2 Å². The Morgan fingerprint density at radius 3 is 2.15 bits per heavy atom.